The second-order valence-electron chi connectivity index (χ2n) is 6.41. The van der Waals surface area contributed by atoms with Gasteiger partial charge in [-0.15, -0.1) is 0 Å². The van der Waals surface area contributed by atoms with Gasteiger partial charge >= 0.3 is 12.0 Å². The van der Waals surface area contributed by atoms with Crippen LogP contribution in [0.15, 0.2) is 22.7 Å². The van der Waals surface area contributed by atoms with E-state index in [1.54, 1.807) is 0 Å². The highest BCUT2D eigenvalue weighted by atomic mass is 19.4. The molecule has 2 aliphatic heterocycles. The Kier molecular flexibility index (Phi) is 3.57. The monoisotopic (exact) mass is 353 g/mol. The number of hydrogen-bond donors (Lipinski definition) is 2. The van der Waals surface area contributed by atoms with E-state index in [0.29, 0.717) is 6.04 Å². The molecule has 2 bridgehead atoms. The molecular weight excluding hydrogens is 339 g/mol. The molecule has 4 heterocycles. The summed E-state index contributed by atoms with van der Waals surface area (Å²) in [6.45, 7) is 0. The Morgan fingerprint density at radius 3 is 2.72 bits per heavy atom. The van der Waals surface area contributed by atoms with Gasteiger partial charge in [0, 0.05) is 23.5 Å². The van der Waals surface area contributed by atoms with E-state index in [2.05, 4.69) is 15.6 Å². The minimum atomic E-state index is -5.02. The highest BCUT2D eigenvalue weighted by Crippen LogP contribution is 2.29. The lowest BCUT2D eigenvalue weighted by Crippen LogP contribution is -2.43. The van der Waals surface area contributed by atoms with Gasteiger partial charge in [-0.05, 0) is 31.4 Å². The minimum Gasteiger partial charge on any atom is -0.451 e. The van der Waals surface area contributed by atoms with Gasteiger partial charge in [-0.1, -0.05) is 0 Å². The molecule has 1 amide bonds. The topological polar surface area (TPSA) is 84.2 Å². The average molecular weight is 353 g/mol. The predicted molar refractivity (Wildman–Crippen MR) is 80.2 cm³/mol. The largest absolute Gasteiger partial charge is 0.458 e. The highest BCUT2D eigenvalue weighted by molar-refractivity contribution is 6.02. The molecule has 0 unspecified atom stereocenters. The summed E-state index contributed by atoms with van der Waals surface area (Å²) in [5.74, 6) is -3.28. The molecular formula is C16H14F3N3O3. The van der Waals surface area contributed by atoms with Gasteiger partial charge in [0.15, 0.2) is 11.3 Å². The average Bonchev–Trinajstić information content (AvgIpc) is 3.26. The number of nitrogens with one attached hydrogen (secondary N) is 2. The summed E-state index contributed by atoms with van der Waals surface area (Å²) in [4.78, 5) is 27.5. The number of carbonyl (C=O) groups is 2. The van der Waals surface area contributed by atoms with Crippen molar-refractivity contribution < 1.29 is 27.2 Å². The van der Waals surface area contributed by atoms with E-state index in [4.69, 9.17) is 4.42 Å². The number of carbonyl (C=O) groups excluding carboxylic acids is 2. The third kappa shape index (κ3) is 2.88. The molecule has 132 valence electrons. The third-order valence-corrected chi connectivity index (χ3v) is 4.73. The van der Waals surface area contributed by atoms with Crippen LogP contribution in [0.5, 0.6) is 0 Å². The van der Waals surface area contributed by atoms with Crippen LogP contribution in [0.4, 0.5) is 13.2 Å². The second-order valence-corrected chi connectivity index (χ2v) is 6.41. The van der Waals surface area contributed by atoms with E-state index in [9.17, 15) is 22.8 Å². The Balaban J connectivity index is 1.54. The number of halogens is 3. The van der Waals surface area contributed by atoms with Gasteiger partial charge in [-0.25, -0.2) is 4.98 Å². The van der Waals surface area contributed by atoms with Crippen LogP contribution in [0.3, 0.4) is 0 Å². The van der Waals surface area contributed by atoms with Crippen molar-refractivity contribution in [1.29, 1.82) is 0 Å². The van der Waals surface area contributed by atoms with E-state index in [0.717, 1.165) is 31.5 Å². The maximum Gasteiger partial charge on any atom is 0.458 e. The lowest BCUT2D eigenvalue weighted by Gasteiger charge is -2.21. The fourth-order valence-corrected chi connectivity index (χ4v) is 3.55. The Morgan fingerprint density at radius 1 is 1.28 bits per heavy atom. The first-order valence-corrected chi connectivity index (χ1v) is 7.89. The van der Waals surface area contributed by atoms with E-state index in [-0.39, 0.29) is 28.7 Å². The Labute approximate surface area is 139 Å². The van der Waals surface area contributed by atoms with Crippen LogP contribution in [0, 0.1) is 0 Å². The standard InChI is InChI=1S/C16H14F3N3O3/c17-16(18,19)14(23)12-4-7-3-11(20-6-13(7)25-12)15(24)22-10-5-8-1-2-9(10)21-8/h3-4,6,8-10,21H,1-2,5H2,(H,22,24)/t8-,9+,10-/m1/s1. The van der Waals surface area contributed by atoms with Crippen molar-refractivity contribution in [2.24, 2.45) is 0 Å². The first-order valence-electron chi connectivity index (χ1n) is 7.89. The van der Waals surface area contributed by atoms with Crippen LogP contribution in [0.25, 0.3) is 11.0 Å². The molecule has 3 atom stereocenters. The van der Waals surface area contributed by atoms with Crippen molar-refractivity contribution in [2.45, 2.75) is 43.6 Å². The molecule has 0 saturated carbocycles. The van der Waals surface area contributed by atoms with Crippen molar-refractivity contribution in [3.05, 3.63) is 29.8 Å². The number of nitrogens with zero attached hydrogens (tertiary/aromatic N) is 1. The minimum absolute atomic E-state index is 0.0192. The number of ketones is 1. The van der Waals surface area contributed by atoms with Gasteiger partial charge in [-0.2, -0.15) is 13.2 Å². The summed E-state index contributed by atoms with van der Waals surface area (Å²) < 4.78 is 42.3. The number of fused-ring (bicyclic) bond motifs is 3. The van der Waals surface area contributed by atoms with Crippen LogP contribution in [-0.4, -0.2) is 41.0 Å². The summed E-state index contributed by atoms with van der Waals surface area (Å²) in [5.41, 5.74) is 0.0906. The van der Waals surface area contributed by atoms with Crippen LogP contribution < -0.4 is 10.6 Å². The first-order chi connectivity index (χ1) is 11.8. The molecule has 9 heteroatoms. The number of alkyl halides is 3. The molecule has 2 aromatic rings. The predicted octanol–water partition coefficient (Wildman–Crippen LogP) is 2.20. The number of rotatable bonds is 3. The maximum atomic E-state index is 12.5. The number of Topliss-reactive ketones (excluding diaryl/α,β-unsaturated/α-hetero) is 1. The summed E-state index contributed by atoms with van der Waals surface area (Å²) >= 11 is 0. The van der Waals surface area contributed by atoms with Crippen LogP contribution in [0.1, 0.15) is 40.3 Å². The molecule has 25 heavy (non-hydrogen) atoms. The van der Waals surface area contributed by atoms with Gasteiger partial charge in [0.1, 0.15) is 5.69 Å². The van der Waals surface area contributed by atoms with Crippen LogP contribution in [0.2, 0.25) is 0 Å². The smallest absolute Gasteiger partial charge is 0.451 e. The van der Waals surface area contributed by atoms with E-state index >= 15 is 0 Å². The number of pyridine rings is 1. The van der Waals surface area contributed by atoms with Crippen LogP contribution in [-0.2, 0) is 0 Å². The van der Waals surface area contributed by atoms with Crippen molar-refractivity contribution in [2.75, 3.05) is 0 Å². The SMILES string of the molecule is O=C(N[C@@H]1C[C@H]2CC[C@@H]1N2)c1cc2cc(C(=O)C(F)(F)F)oc2cn1. The summed E-state index contributed by atoms with van der Waals surface area (Å²) in [7, 11) is 0. The van der Waals surface area contributed by atoms with E-state index < -0.39 is 23.6 Å². The molecule has 6 nitrogen and oxygen atoms in total. The van der Waals surface area contributed by atoms with Crippen LogP contribution >= 0.6 is 0 Å². The van der Waals surface area contributed by atoms with Crippen molar-refractivity contribution in [3.63, 3.8) is 0 Å². The molecule has 4 rings (SSSR count). The Morgan fingerprint density at radius 2 is 2.08 bits per heavy atom. The van der Waals surface area contributed by atoms with E-state index in [1.807, 2.05) is 0 Å². The van der Waals surface area contributed by atoms with Gasteiger partial charge in [0.2, 0.25) is 0 Å². The third-order valence-electron chi connectivity index (χ3n) is 4.73. The molecule has 0 aliphatic carbocycles. The van der Waals surface area contributed by atoms with Gasteiger partial charge in [0.05, 0.1) is 6.20 Å². The Bertz CT molecular complexity index is 861. The number of hydrogen-bond acceptors (Lipinski definition) is 5. The first kappa shape index (κ1) is 16.1. The molecule has 2 saturated heterocycles. The highest BCUT2D eigenvalue weighted by Gasteiger charge is 2.42. The summed E-state index contributed by atoms with van der Waals surface area (Å²) in [6, 6.07) is 3.00. The zero-order chi connectivity index (χ0) is 17.8. The quantitative estimate of drug-likeness (QED) is 0.827. The van der Waals surface area contributed by atoms with E-state index in [1.165, 1.54) is 6.07 Å². The molecule has 0 radical (unpaired) electrons. The maximum absolute atomic E-state index is 12.5. The van der Waals surface area contributed by atoms with Crippen molar-refractivity contribution >= 4 is 22.7 Å². The van der Waals surface area contributed by atoms with Gasteiger partial charge in [0.25, 0.3) is 5.91 Å². The lowest BCUT2D eigenvalue weighted by atomic mass is 9.95. The molecule has 2 aliphatic rings. The van der Waals surface area contributed by atoms with Gasteiger partial charge in [-0.3, -0.25) is 9.59 Å². The summed E-state index contributed by atoms with van der Waals surface area (Å²) in [6.07, 6.45) is -0.902. The number of furan rings is 1. The van der Waals surface area contributed by atoms with Gasteiger partial charge < -0.3 is 15.1 Å². The number of amides is 1. The lowest BCUT2D eigenvalue weighted by molar-refractivity contribution is -0.0898. The summed E-state index contributed by atoms with van der Waals surface area (Å²) in [5, 5.41) is 6.52. The zero-order valence-corrected chi connectivity index (χ0v) is 12.9. The van der Waals surface area contributed by atoms with Crippen molar-refractivity contribution in [3.8, 4) is 0 Å². The molecule has 2 N–H and O–H groups in total. The molecule has 0 spiro atoms. The molecule has 2 fully saturated rings. The number of aromatic nitrogens is 1. The fourth-order valence-electron chi connectivity index (χ4n) is 3.55. The second kappa shape index (κ2) is 5.55. The molecule has 0 aromatic carbocycles. The molecule has 2 aromatic heterocycles. The zero-order valence-electron chi connectivity index (χ0n) is 12.9. The fraction of sp³-hybridized carbons (Fsp3) is 0.438. The normalized spacial score (nSPS) is 25.5. The van der Waals surface area contributed by atoms with Crippen molar-refractivity contribution in [1.82, 2.24) is 15.6 Å². The Hall–Kier alpha value is -2.42.